The fourth-order valence-corrected chi connectivity index (χ4v) is 4.44. The molecule has 1 saturated carbocycles. The Morgan fingerprint density at radius 1 is 0.889 bits per heavy atom. The number of rotatable bonds is 16. The van der Waals surface area contributed by atoms with Crippen molar-refractivity contribution in [3.63, 3.8) is 0 Å². The zero-order chi connectivity index (χ0) is 27.4. The predicted octanol–water partition coefficient (Wildman–Crippen LogP) is -5.88. The molecule has 15 nitrogen and oxygen atoms in total. The van der Waals surface area contributed by atoms with Crippen LogP contribution in [0.5, 0.6) is 0 Å². The summed E-state index contributed by atoms with van der Waals surface area (Å²) in [6.07, 6.45) is -18.7. The summed E-state index contributed by atoms with van der Waals surface area (Å²) >= 11 is 0. The summed E-state index contributed by atoms with van der Waals surface area (Å²) in [4.78, 5) is 0. The quantitative estimate of drug-likeness (QED) is 0.0827. The molecule has 2 fully saturated rings. The Balaban J connectivity index is 1.90. The lowest BCUT2D eigenvalue weighted by Crippen LogP contribution is -2.52. The Labute approximate surface area is 207 Å². The Kier molecular flexibility index (Phi) is 11.8. The highest BCUT2D eigenvalue weighted by molar-refractivity contribution is 5.22. The third-order valence-electron chi connectivity index (χ3n) is 6.83. The molecule has 1 aliphatic carbocycles. The first kappa shape index (κ1) is 31.6. The monoisotopic (exact) mass is 532 g/mol. The number of methoxy groups -OCH3 is 1. The van der Waals surface area contributed by atoms with Gasteiger partial charge in [0.05, 0.1) is 43.5 Å². The van der Waals surface area contributed by atoms with Crippen molar-refractivity contribution in [2.24, 2.45) is 5.92 Å². The van der Waals surface area contributed by atoms with Gasteiger partial charge >= 0.3 is 0 Å². The second-order valence-electron chi connectivity index (χ2n) is 9.24. The molecule has 11 N–H and O–H groups in total. The van der Waals surface area contributed by atoms with E-state index in [1.807, 2.05) is 0 Å². The maximum absolute atomic E-state index is 10.5. The molecule has 15 heteroatoms. The van der Waals surface area contributed by atoms with Crippen LogP contribution in [-0.4, -0.2) is 162 Å². The molecule has 0 amide bonds. The van der Waals surface area contributed by atoms with Crippen molar-refractivity contribution < 1.29 is 75.1 Å². The van der Waals surface area contributed by atoms with Crippen molar-refractivity contribution in [1.29, 1.82) is 0 Å². The molecule has 0 radical (unpaired) electrons. The fourth-order valence-electron chi connectivity index (χ4n) is 4.44. The summed E-state index contributed by atoms with van der Waals surface area (Å²) in [7, 11) is 1.21. The summed E-state index contributed by atoms with van der Waals surface area (Å²) in [5.74, 6) is -0.971. The number of aliphatic hydroxyl groups excluding tert-OH is 10. The Morgan fingerprint density at radius 2 is 1.50 bits per heavy atom. The van der Waals surface area contributed by atoms with E-state index in [0.717, 1.165) is 0 Å². The molecule has 0 aromatic heterocycles. The van der Waals surface area contributed by atoms with E-state index in [2.05, 4.69) is 0 Å². The molecule has 0 aromatic rings. The fraction of sp³-hybridized carbons (Fsp3) is 1.00. The van der Waals surface area contributed by atoms with Crippen LogP contribution in [-0.2, 0) is 18.9 Å². The molecule has 1 aliphatic heterocycles. The minimum absolute atomic E-state index is 0.0985. The maximum atomic E-state index is 10.5. The van der Waals surface area contributed by atoms with Gasteiger partial charge in [0.25, 0.3) is 0 Å². The van der Waals surface area contributed by atoms with Gasteiger partial charge in [-0.1, -0.05) is 0 Å². The van der Waals surface area contributed by atoms with E-state index in [1.165, 1.54) is 14.0 Å². The largest absolute Gasteiger partial charge is 0.396 e. The zero-order valence-corrected chi connectivity index (χ0v) is 20.1. The Morgan fingerprint density at radius 3 is 2.03 bits per heavy atom. The van der Waals surface area contributed by atoms with Gasteiger partial charge in [0.15, 0.2) is 12.6 Å². The van der Waals surface area contributed by atoms with E-state index in [0.29, 0.717) is 0 Å². The van der Waals surface area contributed by atoms with Crippen molar-refractivity contribution in [1.82, 2.24) is 0 Å². The van der Waals surface area contributed by atoms with Crippen LogP contribution < -0.4 is 0 Å². The predicted molar refractivity (Wildman–Crippen MR) is 116 cm³/mol. The standard InChI is InChI=1S/C21H40O15/c1-8(24)13(25)15(27)10(3-5-22)35-19(31)17(29)14(26)9(33-2)4-6-34-20-16(28)12-18(30)21(12,32)11(7-23)36-20/h8-20,22-32H,3-7H2,1-2H3/t8-,9?,10+,11?,12?,13?,14?,15?,16?,17?,18?,19?,20-,21?/m0/s1. The highest BCUT2D eigenvalue weighted by atomic mass is 16.7. The molecule has 36 heavy (non-hydrogen) atoms. The third kappa shape index (κ3) is 6.69. The zero-order valence-electron chi connectivity index (χ0n) is 20.1. The molecule has 214 valence electrons. The highest BCUT2D eigenvalue weighted by Crippen LogP contribution is 2.53. The van der Waals surface area contributed by atoms with Crippen LogP contribution in [0, 0.1) is 5.92 Å². The lowest BCUT2D eigenvalue weighted by Gasteiger charge is -2.36. The summed E-state index contributed by atoms with van der Waals surface area (Å²) in [5, 5.41) is 109. The van der Waals surface area contributed by atoms with E-state index < -0.39 is 98.4 Å². The molecule has 1 heterocycles. The van der Waals surface area contributed by atoms with Gasteiger partial charge in [0, 0.05) is 13.7 Å². The number of hydrogen-bond acceptors (Lipinski definition) is 15. The number of ether oxygens (including phenoxy) is 4. The van der Waals surface area contributed by atoms with Crippen LogP contribution in [0.2, 0.25) is 0 Å². The molecule has 0 spiro atoms. The first-order valence-electron chi connectivity index (χ1n) is 11.7. The summed E-state index contributed by atoms with van der Waals surface area (Å²) in [6, 6.07) is 0. The molecule has 2 rings (SSSR count). The molecular formula is C21H40O15. The van der Waals surface area contributed by atoms with Crippen molar-refractivity contribution in [2.75, 3.05) is 26.9 Å². The molecule has 11 unspecified atom stereocenters. The van der Waals surface area contributed by atoms with Crippen LogP contribution in [0.3, 0.4) is 0 Å². The maximum Gasteiger partial charge on any atom is 0.184 e. The minimum Gasteiger partial charge on any atom is -0.396 e. The summed E-state index contributed by atoms with van der Waals surface area (Å²) < 4.78 is 21.0. The average molecular weight is 533 g/mol. The van der Waals surface area contributed by atoms with Gasteiger partial charge in [0.1, 0.15) is 42.2 Å². The lowest BCUT2D eigenvalue weighted by atomic mass is 10.0. The van der Waals surface area contributed by atoms with Crippen LogP contribution in [0.15, 0.2) is 0 Å². The number of fused-ring (bicyclic) bond motifs is 1. The van der Waals surface area contributed by atoms with Gasteiger partial charge in [-0.2, -0.15) is 0 Å². The molecular weight excluding hydrogens is 492 g/mol. The van der Waals surface area contributed by atoms with Gasteiger partial charge in [0.2, 0.25) is 0 Å². The van der Waals surface area contributed by atoms with Crippen LogP contribution in [0.25, 0.3) is 0 Å². The van der Waals surface area contributed by atoms with Crippen LogP contribution in [0.1, 0.15) is 19.8 Å². The summed E-state index contributed by atoms with van der Waals surface area (Å²) in [5.41, 5.74) is -1.77. The average Bonchev–Trinajstić information content (AvgIpc) is 3.42. The first-order valence-corrected chi connectivity index (χ1v) is 11.7. The molecule has 2 aliphatic rings. The van der Waals surface area contributed by atoms with Gasteiger partial charge < -0.3 is 75.1 Å². The third-order valence-corrected chi connectivity index (χ3v) is 6.83. The van der Waals surface area contributed by atoms with Crippen LogP contribution in [0.4, 0.5) is 0 Å². The highest BCUT2D eigenvalue weighted by Gasteiger charge is 2.75. The van der Waals surface area contributed by atoms with Gasteiger partial charge in [-0.15, -0.1) is 0 Å². The smallest absolute Gasteiger partial charge is 0.184 e. The molecule has 1 saturated heterocycles. The van der Waals surface area contributed by atoms with E-state index in [-0.39, 0.29) is 19.4 Å². The topological polar surface area (TPSA) is 259 Å². The van der Waals surface area contributed by atoms with Gasteiger partial charge in [-0.05, 0) is 19.8 Å². The number of hydrogen-bond donors (Lipinski definition) is 11. The van der Waals surface area contributed by atoms with E-state index in [4.69, 9.17) is 24.1 Å². The summed E-state index contributed by atoms with van der Waals surface area (Å²) in [6.45, 7) is -0.148. The van der Waals surface area contributed by atoms with Crippen molar-refractivity contribution in [3.05, 3.63) is 0 Å². The normalized spacial score (nSPS) is 36.8. The van der Waals surface area contributed by atoms with E-state index in [9.17, 15) is 51.1 Å². The molecule has 14 atom stereocenters. The van der Waals surface area contributed by atoms with Gasteiger partial charge in [-0.3, -0.25) is 0 Å². The van der Waals surface area contributed by atoms with Crippen LogP contribution >= 0.6 is 0 Å². The van der Waals surface area contributed by atoms with Crippen molar-refractivity contribution >= 4 is 0 Å². The lowest BCUT2D eigenvalue weighted by molar-refractivity contribution is -0.276. The second-order valence-corrected chi connectivity index (χ2v) is 9.24. The Hall–Kier alpha value is -0.600. The van der Waals surface area contributed by atoms with Crippen molar-refractivity contribution in [3.8, 4) is 0 Å². The Bertz CT molecular complexity index is 651. The number of aliphatic hydroxyl groups is 11. The molecule has 0 aromatic carbocycles. The first-order chi connectivity index (χ1) is 16.9. The van der Waals surface area contributed by atoms with Gasteiger partial charge in [-0.25, -0.2) is 0 Å². The van der Waals surface area contributed by atoms with E-state index >= 15 is 0 Å². The SMILES string of the molecule is COC(CCO[C@H]1OC(CO)C2(O)C(O)C2C1O)C(O)C(O)C(O)O[C@H](CCO)C(O)C(O)[C@H](C)O. The minimum atomic E-state index is -2.09. The van der Waals surface area contributed by atoms with Crippen molar-refractivity contribution in [2.45, 2.75) is 99.0 Å². The molecule has 0 bridgehead atoms. The second kappa shape index (κ2) is 13.5. The van der Waals surface area contributed by atoms with E-state index in [1.54, 1.807) is 0 Å².